The number of Topliss-reactive ketones (excluding diaryl/α,β-unsaturated/α-hetero) is 1. The van der Waals surface area contributed by atoms with E-state index in [9.17, 15) is 14.3 Å². The molecular weight excluding hydrogens is 450 g/mol. The Hall–Kier alpha value is -3.68. The molecule has 0 saturated carbocycles. The number of benzene rings is 2. The molecule has 1 aliphatic rings. The number of carbonyl (C=O) groups excluding carboxylic acids is 1. The van der Waals surface area contributed by atoms with Crippen molar-refractivity contribution in [2.24, 2.45) is 0 Å². The van der Waals surface area contributed by atoms with E-state index in [2.05, 4.69) is 15.0 Å². The van der Waals surface area contributed by atoms with Gasteiger partial charge in [0.15, 0.2) is 11.6 Å². The van der Waals surface area contributed by atoms with Gasteiger partial charge in [0.25, 0.3) is 0 Å². The summed E-state index contributed by atoms with van der Waals surface area (Å²) in [5.41, 5.74) is 0.799. The van der Waals surface area contributed by atoms with E-state index in [-0.39, 0.29) is 35.2 Å². The van der Waals surface area contributed by atoms with Crippen LogP contribution in [0.2, 0.25) is 0 Å². The fraction of sp³-hybridized carbons (Fsp3) is 0.333. The van der Waals surface area contributed by atoms with Crippen molar-refractivity contribution in [1.82, 2.24) is 15.0 Å². The van der Waals surface area contributed by atoms with E-state index in [0.717, 1.165) is 0 Å². The Morgan fingerprint density at radius 2 is 1.97 bits per heavy atom. The van der Waals surface area contributed by atoms with Crippen LogP contribution in [0.4, 0.5) is 14.6 Å². The van der Waals surface area contributed by atoms with Crippen LogP contribution in [-0.4, -0.2) is 38.9 Å². The molecule has 1 N–H and O–H groups in total. The van der Waals surface area contributed by atoms with Gasteiger partial charge in [-0.2, -0.15) is 0 Å². The van der Waals surface area contributed by atoms with Crippen LogP contribution in [0.1, 0.15) is 50.9 Å². The zero-order chi connectivity index (χ0) is 24.9. The molecule has 0 spiro atoms. The first kappa shape index (κ1) is 23.1. The highest BCUT2D eigenvalue weighted by Gasteiger charge is 2.25. The molecule has 0 unspecified atom stereocenters. The second-order valence-electron chi connectivity index (χ2n) is 9.28. The van der Waals surface area contributed by atoms with Gasteiger partial charge in [-0.3, -0.25) is 9.78 Å². The molecule has 180 valence electrons. The van der Waals surface area contributed by atoms with Crippen LogP contribution in [-0.2, 0) is 11.2 Å². The number of carbonyl (C=O) groups is 1. The maximum absolute atomic E-state index is 16.2. The standard InChI is InChI=1S/C27H26F2N4O2/c1-4-18-21(28)8-7-15-10-17(35)11-19(22(15)18)24-23(29)25-20(12-30-24)27(32-26(31-25)14(2)3)33-9-5-6-16(34)13-33/h7-8,10-12,14,35H,4-6,9,13H2,1-3H3. The molecule has 6 nitrogen and oxygen atoms in total. The lowest BCUT2D eigenvalue weighted by atomic mass is 9.94. The quantitative estimate of drug-likeness (QED) is 0.408. The molecule has 0 atom stereocenters. The van der Waals surface area contributed by atoms with E-state index in [0.29, 0.717) is 64.7 Å². The summed E-state index contributed by atoms with van der Waals surface area (Å²) >= 11 is 0. The molecular formula is C27H26F2N4O2. The van der Waals surface area contributed by atoms with Crippen LogP contribution in [0.15, 0.2) is 30.5 Å². The Bertz CT molecular complexity index is 1490. The molecule has 0 radical (unpaired) electrons. The largest absolute Gasteiger partial charge is 0.508 e. The molecule has 8 heteroatoms. The zero-order valence-electron chi connectivity index (χ0n) is 19.9. The molecule has 0 bridgehead atoms. The lowest BCUT2D eigenvalue weighted by Gasteiger charge is -2.28. The van der Waals surface area contributed by atoms with E-state index in [1.54, 1.807) is 6.07 Å². The van der Waals surface area contributed by atoms with Crippen molar-refractivity contribution < 1.29 is 18.7 Å². The number of aryl methyl sites for hydroxylation is 1. The Morgan fingerprint density at radius 3 is 2.69 bits per heavy atom. The van der Waals surface area contributed by atoms with Crippen LogP contribution in [0.3, 0.4) is 0 Å². The van der Waals surface area contributed by atoms with Gasteiger partial charge in [-0.25, -0.2) is 18.7 Å². The minimum atomic E-state index is -0.672. The van der Waals surface area contributed by atoms with Crippen molar-refractivity contribution in [2.75, 3.05) is 18.0 Å². The molecule has 35 heavy (non-hydrogen) atoms. The van der Waals surface area contributed by atoms with Crippen molar-refractivity contribution in [1.29, 1.82) is 0 Å². The Balaban J connectivity index is 1.80. The van der Waals surface area contributed by atoms with Crippen molar-refractivity contribution >= 4 is 33.3 Å². The number of aromatic nitrogens is 3. The van der Waals surface area contributed by atoms with Gasteiger partial charge in [0.1, 0.15) is 34.4 Å². The number of hydrogen-bond donors (Lipinski definition) is 1. The summed E-state index contributed by atoms with van der Waals surface area (Å²) in [4.78, 5) is 27.6. The monoisotopic (exact) mass is 476 g/mol. The normalized spacial score (nSPS) is 14.5. The maximum Gasteiger partial charge on any atom is 0.175 e. The summed E-state index contributed by atoms with van der Waals surface area (Å²) in [7, 11) is 0. The molecule has 0 amide bonds. The summed E-state index contributed by atoms with van der Waals surface area (Å²) in [6, 6.07) is 5.85. The molecule has 0 aliphatic carbocycles. The van der Waals surface area contributed by atoms with Gasteiger partial charge < -0.3 is 10.0 Å². The predicted octanol–water partition coefficient (Wildman–Crippen LogP) is 5.68. The second kappa shape index (κ2) is 8.83. The lowest BCUT2D eigenvalue weighted by molar-refractivity contribution is -0.118. The number of nitrogens with zero attached hydrogens (tertiary/aromatic N) is 4. The first-order valence-electron chi connectivity index (χ1n) is 11.9. The van der Waals surface area contributed by atoms with Gasteiger partial charge in [0, 0.05) is 30.6 Å². The number of ketones is 1. The van der Waals surface area contributed by atoms with Gasteiger partial charge in [-0.1, -0.05) is 26.8 Å². The maximum atomic E-state index is 16.2. The molecule has 1 aliphatic heterocycles. The summed E-state index contributed by atoms with van der Waals surface area (Å²) in [6.07, 6.45) is 3.13. The SMILES string of the molecule is CCc1c(F)ccc2cc(O)cc(-c3ncc4c(N5CCCC(=O)C5)nc(C(C)C)nc4c3F)c12. The molecule has 2 aromatic carbocycles. The van der Waals surface area contributed by atoms with Gasteiger partial charge >= 0.3 is 0 Å². The number of pyridine rings is 1. The topological polar surface area (TPSA) is 79.2 Å². The summed E-state index contributed by atoms with van der Waals surface area (Å²) in [5, 5.41) is 11.9. The minimum Gasteiger partial charge on any atom is -0.508 e. The fourth-order valence-electron chi connectivity index (χ4n) is 4.80. The summed E-state index contributed by atoms with van der Waals surface area (Å²) in [6.45, 7) is 6.52. The minimum absolute atomic E-state index is 0.0206. The van der Waals surface area contributed by atoms with Crippen molar-refractivity contribution in [3.05, 3.63) is 53.5 Å². The van der Waals surface area contributed by atoms with Crippen molar-refractivity contribution in [2.45, 2.75) is 46.0 Å². The Labute approximate surface area is 201 Å². The first-order valence-corrected chi connectivity index (χ1v) is 11.9. The van der Waals surface area contributed by atoms with Crippen LogP contribution in [0.5, 0.6) is 5.75 Å². The smallest absolute Gasteiger partial charge is 0.175 e. The number of hydrogen-bond acceptors (Lipinski definition) is 6. The highest BCUT2D eigenvalue weighted by Crippen LogP contribution is 2.39. The molecule has 4 aromatic rings. The van der Waals surface area contributed by atoms with Gasteiger partial charge in [-0.15, -0.1) is 0 Å². The van der Waals surface area contributed by atoms with E-state index in [1.165, 1.54) is 24.4 Å². The van der Waals surface area contributed by atoms with Crippen molar-refractivity contribution in [3.8, 4) is 17.0 Å². The zero-order valence-corrected chi connectivity index (χ0v) is 19.9. The molecule has 2 aromatic heterocycles. The molecule has 1 fully saturated rings. The van der Waals surface area contributed by atoms with Crippen LogP contribution < -0.4 is 4.90 Å². The lowest BCUT2D eigenvalue weighted by Crippen LogP contribution is -2.36. The predicted molar refractivity (Wildman–Crippen MR) is 132 cm³/mol. The second-order valence-corrected chi connectivity index (χ2v) is 9.28. The summed E-state index contributed by atoms with van der Waals surface area (Å²) < 4.78 is 30.9. The van der Waals surface area contributed by atoms with E-state index >= 15 is 4.39 Å². The van der Waals surface area contributed by atoms with E-state index in [4.69, 9.17) is 0 Å². The highest BCUT2D eigenvalue weighted by molar-refractivity contribution is 6.02. The average Bonchev–Trinajstić information content (AvgIpc) is 2.83. The Kier molecular flexibility index (Phi) is 5.83. The third kappa shape index (κ3) is 3.96. The van der Waals surface area contributed by atoms with Crippen LogP contribution in [0, 0.1) is 11.6 Å². The van der Waals surface area contributed by atoms with E-state index < -0.39 is 11.6 Å². The van der Waals surface area contributed by atoms with Gasteiger partial charge in [-0.05, 0) is 47.4 Å². The van der Waals surface area contributed by atoms with Crippen LogP contribution >= 0.6 is 0 Å². The first-order chi connectivity index (χ1) is 16.8. The third-order valence-electron chi connectivity index (χ3n) is 6.51. The van der Waals surface area contributed by atoms with Gasteiger partial charge in [0.2, 0.25) is 0 Å². The number of piperidine rings is 1. The van der Waals surface area contributed by atoms with Crippen molar-refractivity contribution in [3.63, 3.8) is 0 Å². The van der Waals surface area contributed by atoms with E-state index in [1.807, 2.05) is 25.7 Å². The molecule has 5 rings (SSSR count). The third-order valence-corrected chi connectivity index (χ3v) is 6.51. The number of phenols is 1. The number of aromatic hydroxyl groups is 1. The number of phenolic OH excluding ortho intramolecular Hbond substituents is 1. The average molecular weight is 477 g/mol. The van der Waals surface area contributed by atoms with Gasteiger partial charge in [0.05, 0.1) is 11.9 Å². The number of halogens is 2. The number of rotatable bonds is 4. The number of anilines is 1. The Morgan fingerprint density at radius 1 is 1.17 bits per heavy atom. The summed E-state index contributed by atoms with van der Waals surface area (Å²) in [5.74, 6) is -0.144. The molecule has 1 saturated heterocycles. The fourth-order valence-corrected chi connectivity index (χ4v) is 4.80. The highest BCUT2D eigenvalue weighted by atomic mass is 19.1. The number of fused-ring (bicyclic) bond motifs is 2. The van der Waals surface area contributed by atoms with Crippen LogP contribution in [0.25, 0.3) is 32.9 Å². The molecule has 3 heterocycles.